The number of ether oxygens (including phenoxy) is 1. The van der Waals surface area contributed by atoms with E-state index in [0.29, 0.717) is 17.3 Å². The third-order valence-electron chi connectivity index (χ3n) is 2.47. The summed E-state index contributed by atoms with van der Waals surface area (Å²) >= 11 is 5.80. The topological polar surface area (TPSA) is 52.3 Å². The monoisotopic (exact) mass is 260 g/mol. The number of benzene rings is 1. The average Bonchev–Trinajstić information content (AvgIpc) is 2.82. The van der Waals surface area contributed by atoms with Gasteiger partial charge >= 0.3 is 0 Å². The van der Waals surface area contributed by atoms with Gasteiger partial charge in [-0.05, 0) is 24.3 Å². The predicted octanol–water partition coefficient (Wildman–Crippen LogP) is 2.36. The van der Waals surface area contributed by atoms with E-state index in [1.54, 1.807) is 30.7 Å². The molecule has 3 rings (SSSR count). The van der Waals surface area contributed by atoms with Crippen LogP contribution in [-0.2, 0) is 6.61 Å². The standard InChI is InChI=1S/C12H9ClN4O/c13-9-1-3-10(4-2-9)18-8-12-16-15-11-7-14-5-6-17(11)12/h1-7H,8H2. The van der Waals surface area contributed by atoms with Crippen molar-refractivity contribution in [1.82, 2.24) is 19.6 Å². The molecule has 6 heteroatoms. The first kappa shape index (κ1) is 11.0. The number of fused-ring (bicyclic) bond motifs is 1. The van der Waals surface area contributed by atoms with E-state index >= 15 is 0 Å². The highest BCUT2D eigenvalue weighted by Crippen LogP contribution is 2.16. The van der Waals surface area contributed by atoms with Gasteiger partial charge in [0.15, 0.2) is 11.5 Å². The van der Waals surface area contributed by atoms with Crippen molar-refractivity contribution in [2.45, 2.75) is 6.61 Å². The quantitative estimate of drug-likeness (QED) is 0.725. The molecule has 18 heavy (non-hydrogen) atoms. The van der Waals surface area contributed by atoms with Crippen molar-refractivity contribution in [2.75, 3.05) is 0 Å². The van der Waals surface area contributed by atoms with E-state index in [0.717, 1.165) is 11.6 Å². The number of hydrogen-bond acceptors (Lipinski definition) is 4. The van der Waals surface area contributed by atoms with Crippen molar-refractivity contribution in [3.8, 4) is 5.75 Å². The molecule has 1 aromatic carbocycles. The summed E-state index contributed by atoms with van der Waals surface area (Å²) in [6, 6.07) is 7.19. The molecule has 5 nitrogen and oxygen atoms in total. The van der Waals surface area contributed by atoms with Crippen molar-refractivity contribution in [2.24, 2.45) is 0 Å². The zero-order chi connectivity index (χ0) is 12.4. The van der Waals surface area contributed by atoms with Crippen LogP contribution in [0.5, 0.6) is 5.75 Å². The Morgan fingerprint density at radius 1 is 1.17 bits per heavy atom. The molecule has 0 aliphatic heterocycles. The second-order valence-electron chi connectivity index (χ2n) is 3.66. The predicted molar refractivity (Wildman–Crippen MR) is 66.6 cm³/mol. The second-order valence-corrected chi connectivity index (χ2v) is 4.10. The second kappa shape index (κ2) is 4.62. The van der Waals surface area contributed by atoms with Crippen molar-refractivity contribution in [1.29, 1.82) is 0 Å². The fourth-order valence-electron chi connectivity index (χ4n) is 1.58. The molecule has 0 bridgehead atoms. The zero-order valence-electron chi connectivity index (χ0n) is 9.32. The minimum absolute atomic E-state index is 0.340. The highest BCUT2D eigenvalue weighted by molar-refractivity contribution is 6.30. The Morgan fingerprint density at radius 2 is 2.00 bits per heavy atom. The molecule has 0 atom stereocenters. The van der Waals surface area contributed by atoms with Crippen molar-refractivity contribution >= 4 is 17.2 Å². The fraction of sp³-hybridized carbons (Fsp3) is 0.0833. The summed E-state index contributed by atoms with van der Waals surface area (Å²) in [6.07, 6.45) is 5.14. The van der Waals surface area contributed by atoms with Gasteiger partial charge in [0, 0.05) is 17.4 Å². The molecule has 0 aliphatic carbocycles. The van der Waals surface area contributed by atoms with Gasteiger partial charge in [-0.25, -0.2) is 0 Å². The van der Waals surface area contributed by atoms with Crippen LogP contribution >= 0.6 is 11.6 Å². The molecule has 0 radical (unpaired) electrons. The maximum Gasteiger partial charge on any atom is 0.179 e. The van der Waals surface area contributed by atoms with Gasteiger partial charge in [0.25, 0.3) is 0 Å². The van der Waals surface area contributed by atoms with Crippen molar-refractivity contribution < 1.29 is 4.74 Å². The maximum absolute atomic E-state index is 5.80. The number of aromatic nitrogens is 4. The Kier molecular flexibility index (Phi) is 2.82. The van der Waals surface area contributed by atoms with Gasteiger partial charge in [0.05, 0.1) is 6.20 Å². The summed E-state index contributed by atoms with van der Waals surface area (Å²) in [5.74, 6) is 1.47. The molecule has 3 aromatic rings. The normalized spacial score (nSPS) is 10.7. The van der Waals surface area contributed by atoms with Gasteiger partial charge in [-0.1, -0.05) is 11.6 Å². The summed E-state index contributed by atoms with van der Waals surface area (Å²) in [5.41, 5.74) is 0.701. The summed E-state index contributed by atoms with van der Waals surface area (Å²) in [7, 11) is 0. The Labute approximate surface area is 108 Å². The van der Waals surface area contributed by atoms with Gasteiger partial charge in [0.2, 0.25) is 0 Å². The molecule has 0 fully saturated rings. The van der Waals surface area contributed by atoms with E-state index in [9.17, 15) is 0 Å². The van der Waals surface area contributed by atoms with E-state index in [-0.39, 0.29) is 0 Å². The molecular formula is C12H9ClN4O. The first-order valence-electron chi connectivity index (χ1n) is 5.35. The van der Waals surface area contributed by atoms with E-state index < -0.39 is 0 Å². The SMILES string of the molecule is Clc1ccc(OCc2nnc3cnccn23)cc1. The van der Waals surface area contributed by atoms with E-state index in [1.807, 2.05) is 16.5 Å². The van der Waals surface area contributed by atoms with Gasteiger partial charge in [-0.3, -0.25) is 9.38 Å². The molecule has 0 spiro atoms. The molecule has 0 unspecified atom stereocenters. The van der Waals surface area contributed by atoms with E-state index in [4.69, 9.17) is 16.3 Å². The molecule has 0 saturated carbocycles. The first-order valence-corrected chi connectivity index (χ1v) is 5.73. The summed E-state index contributed by atoms with van der Waals surface area (Å²) in [6.45, 7) is 0.340. The summed E-state index contributed by atoms with van der Waals surface area (Å²) in [5, 5.41) is 8.73. The average molecular weight is 261 g/mol. The van der Waals surface area contributed by atoms with Crippen LogP contribution in [0.3, 0.4) is 0 Å². The highest BCUT2D eigenvalue weighted by Gasteiger charge is 2.05. The molecule has 0 saturated heterocycles. The highest BCUT2D eigenvalue weighted by atomic mass is 35.5. The number of rotatable bonds is 3. The Hall–Kier alpha value is -2.14. The molecule has 0 amide bonds. The third kappa shape index (κ3) is 2.12. The largest absolute Gasteiger partial charge is 0.486 e. The lowest BCUT2D eigenvalue weighted by molar-refractivity contribution is 0.294. The molecule has 90 valence electrons. The smallest absolute Gasteiger partial charge is 0.179 e. The Morgan fingerprint density at radius 3 is 2.83 bits per heavy atom. The van der Waals surface area contributed by atoms with Crippen LogP contribution in [0, 0.1) is 0 Å². The number of nitrogens with zero attached hydrogens (tertiary/aromatic N) is 4. The minimum Gasteiger partial charge on any atom is -0.486 e. The molecule has 0 aliphatic rings. The van der Waals surface area contributed by atoms with Crippen molar-refractivity contribution in [3.63, 3.8) is 0 Å². The van der Waals surface area contributed by atoms with Crippen LogP contribution in [-0.4, -0.2) is 19.6 Å². The van der Waals surface area contributed by atoms with Crippen LogP contribution in [0.15, 0.2) is 42.9 Å². The summed E-state index contributed by atoms with van der Waals surface area (Å²) < 4.78 is 7.45. The number of halogens is 1. The van der Waals surface area contributed by atoms with Crippen LogP contribution in [0.1, 0.15) is 5.82 Å². The molecule has 0 N–H and O–H groups in total. The van der Waals surface area contributed by atoms with Crippen LogP contribution in [0.25, 0.3) is 5.65 Å². The van der Waals surface area contributed by atoms with Crippen LogP contribution in [0.2, 0.25) is 5.02 Å². The molecule has 2 heterocycles. The Balaban J connectivity index is 1.79. The molecular weight excluding hydrogens is 252 g/mol. The Bertz CT molecular complexity index is 665. The lowest BCUT2D eigenvalue weighted by Gasteiger charge is -2.04. The van der Waals surface area contributed by atoms with Gasteiger partial charge < -0.3 is 4.74 Å². The first-order chi connectivity index (χ1) is 8.83. The third-order valence-corrected chi connectivity index (χ3v) is 2.72. The van der Waals surface area contributed by atoms with Gasteiger partial charge in [0.1, 0.15) is 12.4 Å². The lowest BCUT2D eigenvalue weighted by Crippen LogP contribution is -2.01. The van der Waals surface area contributed by atoms with E-state index in [2.05, 4.69) is 15.2 Å². The van der Waals surface area contributed by atoms with Crippen LogP contribution in [0.4, 0.5) is 0 Å². The van der Waals surface area contributed by atoms with Crippen LogP contribution < -0.4 is 4.74 Å². The number of hydrogen-bond donors (Lipinski definition) is 0. The summed E-state index contributed by atoms with van der Waals surface area (Å²) in [4.78, 5) is 3.98. The van der Waals surface area contributed by atoms with Crippen molar-refractivity contribution in [3.05, 3.63) is 53.7 Å². The van der Waals surface area contributed by atoms with E-state index in [1.165, 1.54) is 0 Å². The van der Waals surface area contributed by atoms with Gasteiger partial charge in [-0.15, -0.1) is 10.2 Å². The fourth-order valence-corrected chi connectivity index (χ4v) is 1.71. The maximum atomic E-state index is 5.80. The van der Waals surface area contributed by atoms with Gasteiger partial charge in [-0.2, -0.15) is 0 Å². The minimum atomic E-state index is 0.340. The zero-order valence-corrected chi connectivity index (χ0v) is 10.1. The molecule has 2 aromatic heterocycles. The lowest BCUT2D eigenvalue weighted by atomic mass is 10.3.